The van der Waals surface area contributed by atoms with Crippen molar-refractivity contribution in [3.05, 3.63) is 91.4 Å². The molecule has 3 aromatic rings. The Balaban J connectivity index is 2.35. The molecule has 6 heteroatoms. The molecule has 0 aliphatic carbocycles. The molecule has 0 saturated carbocycles. The largest absolute Gasteiger partial charge is 0.508 e. The van der Waals surface area contributed by atoms with Gasteiger partial charge in [-0.05, 0) is 53.9 Å². The first-order chi connectivity index (χ1) is 12.2. The second-order valence-corrected chi connectivity index (χ2v) is 7.61. The van der Waals surface area contributed by atoms with Crippen molar-refractivity contribution in [1.29, 1.82) is 0 Å². The Morgan fingerprint density at radius 1 is 0.654 bits per heavy atom. The van der Waals surface area contributed by atoms with E-state index in [1.54, 1.807) is 54.6 Å². The summed E-state index contributed by atoms with van der Waals surface area (Å²) in [6, 6.07) is 15.3. The number of benzene rings is 3. The van der Waals surface area contributed by atoms with E-state index in [1.165, 1.54) is 0 Å². The van der Waals surface area contributed by atoms with E-state index in [9.17, 15) is 10.2 Å². The van der Waals surface area contributed by atoms with Gasteiger partial charge in [0.1, 0.15) is 11.5 Å². The number of phenolic OH excluding ortho intramolecular Hbond substituents is 2. The van der Waals surface area contributed by atoms with Crippen molar-refractivity contribution in [2.75, 3.05) is 0 Å². The third-order valence-electron chi connectivity index (χ3n) is 4.53. The molecule has 0 fully saturated rings. The predicted molar refractivity (Wildman–Crippen MR) is 108 cm³/mol. The molecule has 0 aliphatic heterocycles. The fourth-order valence-electron chi connectivity index (χ4n) is 3.00. The maximum absolute atomic E-state index is 9.66. The summed E-state index contributed by atoms with van der Waals surface area (Å²) in [5.74, 6) is 0.306. The number of rotatable bonds is 3. The van der Waals surface area contributed by atoms with Crippen LogP contribution in [0.1, 0.15) is 23.6 Å². The van der Waals surface area contributed by atoms with Crippen molar-refractivity contribution in [1.82, 2.24) is 0 Å². The Kier molecular flexibility index (Phi) is 5.32. The van der Waals surface area contributed by atoms with Gasteiger partial charge in [-0.1, -0.05) is 70.7 Å². The predicted octanol–water partition coefficient (Wildman–Crippen LogP) is 7.07. The zero-order chi connectivity index (χ0) is 19.1. The minimum absolute atomic E-state index is 0.153. The molecule has 3 aromatic carbocycles. The van der Waals surface area contributed by atoms with Crippen molar-refractivity contribution in [2.24, 2.45) is 0 Å². The lowest BCUT2D eigenvalue weighted by molar-refractivity contribution is 0.474. The Morgan fingerprint density at radius 3 is 1.50 bits per heavy atom. The van der Waals surface area contributed by atoms with Crippen LogP contribution in [0.2, 0.25) is 20.1 Å². The van der Waals surface area contributed by atoms with Gasteiger partial charge in [-0.2, -0.15) is 0 Å². The Bertz CT molecular complexity index is 906. The van der Waals surface area contributed by atoms with Gasteiger partial charge in [0, 0.05) is 5.41 Å². The molecule has 134 valence electrons. The lowest BCUT2D eigenvalue weighted by atomic mass is 9.71. The van der Waals surface area contributed by atoms with Crippen molar-refractivity contribution in [3.63, 3.8) is 0 Å². The molecule has 0 bridgehead atoms. The topological polar surface area (TPSA) is 40.5 Å². The molecule has 0 spiro atoms. The summed E-state index contributed by atoms with van der Waals surface area (Å²) in [7, 11) is 0. The molecule has 0 aromatic heterocycles. The monoisotopic (exact) mass is 426 g/mol. The van der Waals surface area contributed by atoms with E-state index in [0.717, 1.165) is 11.1 Å². The summed E-state index contributed by atoms with van der Waals surface area (Å²) in [6.45, 7) is 1.97. The third kappa shape index (κ3) is 3.23. The molecule has 2 nitrogen and oxygen atoms in total. The maximum atomic E-state index is 9.66. The zero-order valence-corrected chi connectivity index (χ0v) is 16.6. The van der Waals surface area contributed by atoms with E-state index in [2.05, 4.69) is 0 Å². The van der Waals surface area contributed by atoms with Crippen LogP contribution in [0.5, 0.6) is 11.5 Å². The average Bonchev–Trinajstić information content (AvgIpc) is 2.63. The van der Waals surface area contributed by atoms with E-state index in [1.807, 2.05) is 6.92 Å². The number of aromatic hydroxyl groups is 2. The van der Waals surface area contributed by atoms with Crippen LogP contribution in [0, 0.1) is 0 Å². The maximum Gasteiger partial charge on any atom is 0.115 e. The van der Waals surface area contributed by atoms with Crippen LogP contribution < -0.4 is 0 Å². The van der Waals surface area contributed by atoms with Crippen molar-refractivity contribution in [2.45, 2.75) is 12.3 Å². The van der Waals surface area contributed by atoms with Gasteiger partial charge in [-0.25, -0.2) is 0 Å². The van der Waals surface area contributed by atoms with Crippen LogP contribution in [0.3, 0.4) is 0 Å². The van der Waals surface area contributed by atoms with Crippen molar-refractivity contribution < 1.29 is 10.2 Å². The first-order valence-electron chi connectivity index (χ1n) is 7.67. The molecule has 0 unspecified atom stereocenters. The van der Waals surface area contributed by atoms with Gasteiger partial charge in [-0.3, -0.25) is 0 Å². The molecular formula is C20H14Cl4O2. The van der Waals surface area contributed by atoms with Gasteiger partial charge in [0.15, 0.2) is 0 Å². The third-order valence-corrected chi connectivity index (χ3v) is 6.28. The summed E-state index contributed by atoms with van der Waals surface area (Å²) >= 11 is 25.2. The van der Waals surface area contributed by atoms with Gasteiger partial charge < -0.3 is 10.2 Å². The Labute approximate surface area is 171 Å². The smallest absolute Gasteiger partial charge is 0.115 e. The standard InChI is InChI=1S/C20H14Cl4O2/c1-20(11-2-6-13(25)7-3-11,12-4-8-14(26)9-5-12)15-10-16(21)18(23)19(24)17(15)22/h2-10,25-26H,1H3. The van der Waals surface area contributed by atoms with Gasteiger partial charge >= 0.3 is 0 Å². The number of halogens is 4. The van der Waals surface area contributed by atoms with Crippen LogP contribution >= 0.6 is 46.4 Å². The molecule has 3 rings (SSSR count). The van der Waals surface area contributed by atoms with Crippen LogP contribution in [0.15, 0.2) is 54.6 Å². The second kappa shape index (κ2) is 7.21. The van der Waals surface area contributed by atoms with E-state index in [4.69, 9.17) is 46.4 Å². The molecule has 0 saturated heterocycles. The quantitative estimate of drug-likeness (QED) is 0.266. The van der Waals surface area contributed by atoms with Crippen LogP contribution in [-0.4, -0.2) is 10.2 Å². The molecule has 0 aliphatic rings. The van der Waals surface area contributed by atoms with Crippen LogP contribution in [0.4, 0.5) is 0 Å². The average molecular weight is 428 g/mol. The lowest BCUT2D eigenvalue weighted by Crippen LogP contribution is -2.26. The van der Waals surface area contributed by atoms with E-state index in [-0.39, 0.29) is 21.5 Å². The first kappa shape index (κ1) is 19.2. The highest BCUT2D eigenvalue weighted by molar-refractivity contribution is 6.52. The van der Waals surface area contributed by atoms with E-state index < -0.39 is 5.41 Å². The molecule has 0 atom stereocenters. The Morgan fingerprint density at radius 2 is 1.08 bits per heavy atom. The second-order valence-electron chi connectivity index (χ2n) is 6.07. The summed E-state index contributed by atoms with van der Waals surface area (Å²) in [5, 5.41) is 20.3. The summed E-state index contributed by atoms with van der Waals surface area (Å²) < 4.78 is 0. The SMILES string of the molecule is CC(c1ccc(O)cc1)(c1ccc(O)cc1)c1cc(Cl)c(Cl)c(Cl)c1Cl. The number of phenols is 2. The minimum atomic E-state index is -0.754. The summed E-state index contributed by atoms with van der Waals surface area (Å²) in [4.78, 5) is 0. The molecule has 26 heavy (non-hydrogen) atoms. The highest BCUT2D eigenvalue weighted by atomic mass is 35.5. The lowest BCUT2D eigenvalue weighted by Gasteiger charge is -2.33. The highest BCUT2D eigenvalue weighted by Gasteiger charge is 2.35. The molecule has 0 radical (unpaired) electrons. The van der Waals surface area contributed by atoms with Crippen molar-refractivity contribution >= 4 is 46.4 Å². The first-order valence-corrected chi connectivity index (χ1v) is 9.19. The normalized spacial score (nSPS) is 11.6. The molecular weight excluding hydrogens is 414 g/mol. The van der Waals surface area contributed by atoms with E-state index in [0.29, 0.717) is 15.6 Å². The van der Waals surface area contributed by atoms with Gasteiger partial charge in [0.2, 0.25) is 0 Å². The minimum Gasteiger partial charge on any atom is -0.508 e. The number of hydrogen-bond donors (Lipinski definition) is 2. The number of hydrogen-bond acceptors (Lipinski definition) is 2. The van der Waals surface area contributed by atoms with E-state index >= 15 is 0 Å². The van der Waals surface area contributed by atoms with Gasteiger partial charge in [0.25, 0.3) is 0 Å². The van der Waals surface area contributed by atoms with Crippen LogP contribution in [0.25, 0.3) is 0 Å². The van der Waals surface area contributed by atoms with Gasteiger partial charge in [0.05, 0.1) is 20.1 Å². The summed E-state index contributed by atoms with van der Waals surface area (Å²) in [5.41, 5.74) is 1.63. The summed E-state index contributed by atoms with van der Waals surface area (Å²) in [6.07, 6.45) is 0. The van der Waals surface area contributed by atoms with Crippen molar-refractivity contribution in [3.8, 4) is 11.5 Å². The zero-order valence-electron chi connectivity index (χ0n) is 13.6. The molecule has 0 amide bonds. The Hall–Kier alpha value is -1.58. The fraction of sp³-hybridized carbons (Fsp3) is 0.100. The molecule has 2 N–H and O–H groups in total. The highest BCUT2D eigenvalue weighted by Crippen LogP contribution is 2.48. The fourth-order valence-corrected chi connectivity index (χ4v) is 3.99. The van der Waals surface area contributed by atoms with Crippen LogP contribution in [-0.2, 0) is 5.41 Å². The van der Waals surface area contributed by atoms with Gasteiger partial charge in [-0.15, -0.1) is 0 Å². The molecule has 0 heterocycles.